The van der Waals surface area contributed by atoms with Gasteiger partial charge in [-0.05, 0) is 31.0 Å². The van der Waals surface area contributed by atoms with E-state index in [0.29, 0.717) is 5.69 Å². The van der Waals surface area contributed by atoms with Crippen LogP contribution in [0.25, 0.3) is 0 Å². The van der Waals surface area contributed by atoms with Crippen LogP contribution in [-0.4, -0.2) is 27.2 Å². The molecule has 6 heteroatoms. The van der Waals surface area contributed by atoms with Crippen molar-refractivity contribution in [2.45, 2.75) is 20.5 Å². The van der Waals surface area contributed by atoms with Crippen molar-refractivity contribution >= 4 is 21.7 Å². The Bertz CT molecular complexity index is 813. The van der Waals surface area contributed by atoms with E-state index in [1.807, 2.05) is 37.3 Å². The SMILES string of the molecule is Cc1ccc(COC(=O)CN(c2ccccc2C)S(C)(=O)=O)cc1. The lowest BCUT2D eigenvalue weighted by Crippen LogP contribution is -2.36. The van der Waals surface area contributed by atoms with Crippen LogP contribution in [-0.2, 0) is 26.2 Å². The molecule has 128 valence electrons. The first kappa shape index (κ1) is 18.0. The predicted octanol–water partition coefficient (Wildman–Crippen LogP) is 2.81. The van der Waals surface area contributed by atoms with Gasteiger partial charge in [0, 0.05) is 0 Å². The molecule has 2 rings (SSSR count). The first-order chi connectivity index (χ1) is 11.3. The summed E-state index contributed by atoms with van der Waals surface area (Å²) in [6.07, 6.45) is 1.08. The normalized spacial score (nSPS) is 11.1. The monoisotopic (exact) mass is 347 g/mol. The minimum atomic E-state index is -3.59. The summed E-state index contributed by atoms with van der Waals surface area (Å²) in [5, 5.41) is 0. The summed E-state index contributed by atoms with van der Waals surface area (Å²) in [7, 11) is -3.59. The number of ether oxygens (including phenoxy) is 1. The molecule has 0 aromatic heterocycles. The number of benzene rings is 2. The molecule has 0 heterocycles. The molecule has 2 aromatic carbocycles. The number of aryl methyl sites for hydroxylation is 2. The molecule has 5 nitrogen and oxygen atoms in total. The van der Waals surface area contributed by atoms with Crippen LogP contribution < -0.4 is 4.31 Å². The van der Waals surface area contributed by atoms with E-state index in [-0.39, 0.29) is 13.2 Å². The molecule has 0 N–H and O–H groups in total. The molecular weight excluding hydrogens is 326 g/mol. The van der Waals surface area contributed by atoms with Gasteiger partial charge in [-0.1, -0.05) is 48.0 Å². The maximum atomic E-state index is 12.1. The van der Waals surface area contributed by atoms with Gasteiger partial charge < -0.3 is 4.74 Å². The fourth-order valence-electron chi connectivity index (χ4n) is 2.24. The van der Waals surface area contributed by atoms with Gasteiger partial charge >= 0.3 is 5.97 Å². The van der Waals surface area contributed by atoms with Gasteiger partial charge in [0.15, 0.2) is 0 Å². The van der Waals surface area contributed by atoms with Gasteiger partial charge in [-0.3, -0.25) is 9.10 Å². The van der Waals surface area contributed by atoms with Crippen LogP contribution in [0.15, 0.2) is 48.5 Å². The fraction of sp³-hybridized carbons (Fsp3) is 0.278. The smallest absolute Gasteiger partial charge is 0.327 e. The molecule has 0 aliphatic rings. The van der Waals surface area contributed by atoms with Crippen LogP contribution in [0.5, 0.6) is 0 Å². The molecular formula is C18H21NO4S. The Labute approximate surface area is 142 Å². The Hall–Kier alpha value is -2.34. The van der Waals surface area contributed by atoms with Crippen LogP contribution in [0.1, 0.15) is 16.7 Å². The van der Waals surface area contributed by atoms with Crippen LogP contribution in [0, 0.1) is 13.8 Å². The minimum absolute atomic E-state index is 0.116. The highest BCUT2D eigenvalue weighted by Crippen LogP contribution is 2.22. The van der Waals surface area contributed by atoms with Crippen molar-refractivity contribution < 1.29 is 17.9 Å². The zero-order chi connectivity index (χ0) is 17.7. The molecule has 0 unspecified atom stereocenters. The zero-order valence-corrected chi connectivity index (χ0v) is 14.8. The Morgan fingerprint density at radius 1 is 1.04 bits per heavy atom. The highest BCUT2D eigenvalue weighted by molar-refractivity contribution is 7.92. The molecule has 0 fully saturated rings. The largest absolute Gasteiger partial charge is 0.459 e. The van der Waals surface area contributed by atoms with Gasteiger partial charge in [-0.25, -0.2) is 8.42 Å². The standard InChI is InChI=1S/C18H21NO4S/c1-14-8-10-16(11-9-14)13-23-18(20)12-19(24(3,21)22)17-7-5-4-6-15(17)2/h4-11H,12-13H2,1-3H3. The van der Waals surface area contributed by atoms with Gasteiger partial charge in [0.05, 0.1) is 11.9 Å². The van der Waals surface area contributed by atoms with Gasteiger partial charge in [0.1, 0.15) is 13.2 Å². The molecule has 24 heavy (non-hydrogen) atoms. The lowest BCUT2D eigenvalue weighted by atomic mass is 10.2. The molecule has 0 saturated heterocycles. The quantitative estimate of drug-likeness (QED) is 0.754. The lowest BCUT2D eigenvalue weighted by Gasteiger charge is -2.23. The Kier molecular flexibility index (Phi) is 5.62. The van der Waals surface area contributed by atoms with Crippen molar-refractivity contribution in [1.82, 2.24) is 0 Å². The minimum Gasteiger partial charge on any atom is -0.459 e. The van der Waals surface area contributed by atoms with Crippen LogP contribution in [0.4, 0.5) is 5.69 Å². The highest BCUT2D eigenvalue weighted by Gasteiger charge is 2.22. The first-order valence-electron chi connectivity index (χ1n) is 7.52. The summed E-state index contributed by atoms with van der Waals surface area (Å²) in [5.41, 5.74) is 3.23. The summed E-state index contributed by atoms with van der Waals surface area (Å²) >= 11 is 0. The second-order valence-corrected chi connectivity index (χ2v) is 7.61. The third-order valence-corrected chi connectivity index (χ3v) is 4.70. The second kappa shape index (κ2) is 7.49. The summed E-state index contributed by atoms with van der Waals surface area (Å²) in [6.45, 7) is 3.53. The number of sulfonamides is 1. The average molecular weight is 347 g/mol. The van der Waals surface area contributed by atoms with Crippen molar-refractivity contribution in [2.24, 2.45) is 0 Å². The van der Waals surface area contributed by atoms with E-state index in [2.05, 4.69) is 0 Å². The van der Waals surface area contributed by atoms with E-state index < -0.39 is 16.0 Å². The van der Waals surface area contributed by atoms with Gasteiger partial charge in [-0.2, -0.15) is 0 Å². The van der Waals surface area contributed by atoms with Gasteiger partial charge in [0.25, 0.3) is 0 Å². The van der Waals surface area contributed by atoms with Crippen molar-refractivity contribution in [3.63, 3.8) is 0 Å². The van der Waals surface area contributed by atoms with E-state index in [4.69, 9.17) is 4.74 Å². The number of esters is 1. The lowest BCUT2D eigenvalue weighted by molar-refractivity contribution is -0.143. The van der Waals surface area contributed by atoms with Gasteiger partial charge in [-0.15, -0.1) is 0 Å². The second-order valence-electron chi connectivity index (χ2n) is 5.70. The van der Waals surface area contributed by atoms with Crippen molar-refractivity contribution in [1.29, 1.82) is 0 Å². The van der Waals surface area contributed by atoms with E-state index >= 15 is 0 Å². The number of carbonyl (C=O) groups is 1. The Morgan fingerprint density at radius 3 is 2.25 bits per heavy atom. The zero-order valence-electron chi connectivity index (χ0n) is 14.0. The first-order valence-corrected chi connectivity index (χ1v) is 9.37. The maximum absolute atomic E-state index is 12.1. The third-order valence-electron chi connectivity index (χ3n) is 3.58. The number of nitrogens with zero attached hydrogens (tertiary/aromatic N) is 1. The highest BCUT2D eigenvalue weighted by atomic mass is 32.2. The Morgan fingerprint density at radius 2 is 1.67 bits per heavy atom. The molecule has 0 bridgehead atoms. The summed E-state index contributed by atoms with van der Waals surface area (Å²) in [6, 6.07) is 14.6. The number of hydrogen-bond acceptors (Lipinski definition) is 4. The molecule has 0 spiro atoms. The molecule has 0 radical (unpaired) electrons. The molecule has 2 aromatic rings. The molecule has 0 amide bonds. The van der Waals surface area contributed by atoms with Crippen LogP contribution in [0.3, 0.4) is 0 Å². The van der Waals surface area contributed by atoms with Gasteiger partial charge in [0.2, 0.25) is 10.0 Å². The van der Waals surface area contributed by atoms with Crippen molar-refractivity contribution in [2.75, 3.05) is 17.1 Å². The van der Waals surface area contributed by atoms with Crippen LogP contribution >= 0.6 is 0 Å². The van der Waals surface area contributed by atoms with E-state index in [9.17, 15) is 13.2 Å². The van der Waals surface area contributed by atoms with E-state index in [1.54, 1.807) is 25.1 Å². The number of carbonyl (C=O) groups excluding carboxylic acids is 1. The van der Waals surface area contributed by atoms with Crippen molar-refractivity contribution in [3.8, 4) is 0 Å². The van der Waals surface area contributed by atoms with Crippen LogP contribution in [0.2, 0.25) is 0 Å². The molecule has 0 atom stereocenters. The van der Waals surface area contributed by atoms with Crippen molar-refractivity contribution in [3.05, 3.63) is 65.2 Å². The number of para-hydroxylation sites is 1. The molecule has 0 aliphatic heterocycles. The Balaban J connectivity index is 2.08. The maximum Gasteiger partial charge on any atom is 0.327 e. The number of anilines is 1. The van der Waals surface area contributed by atoms with E-state index in [0.717, 1.165) is 27.3 Å². The molecule has 0 saturated carbocycles. The third kappa shape index (κ3) is 4.83. The number of hydrogen-bond donors (Lipinski definition) is 0. The predicted molar refractivity (Wildman–Crippen MR) is 94.3 cm³/mol. The fourth-order valence-corrected chi connectivity index (χ4v) is 3.14. The summed E-state index contributed by atoms with van der Waals surface area (Å²) in [5.74, 6) is -0.593. The molecule has 0 aliphatic carbocycles. The summed E-state index contributed by atoms with van der Waals surface area (Å²) < 4.78 is 30.4. The topological polar surface area (TPSA) is 63.7 Å². The van der Waals surface area contributed by atoms with E-state index in [1.165, 1.54) is 0 Å². The number of rotatable bonds is 6. The summed E-state index contributed by atoms with van der Waals surface area (Å²) in [4.78, 5) is 12.1. The average Bonchev–Trinajstić information content (AvgIpc) is 2.52.